The molecule has 0 aliphatic heterocycles. The summed E-state index contributed by atoms with van der Waals surface area (Å²) in [4.78, 5) is 4.53. The van der Waals surface area contributed by atoms with Crippen LogP contribution in [0.4, 0.5) is 4.39 Å². The van der Waals surface area contributed by atoms with Gasteiger partial charge in [0, 0.05) is 52.3 Å². The molecule has 1 unspecified atom stereocenters. The van der Waals surface area contributed by atoms with Gasteiger partial charge in [-0.15, -0.1) is 0 Å². The Morgan fingerprint density at radius 3 is 2.29 bits per heavy atom. The van der Waals surface area contributed by atoms with E-state index >= 15 is 0 Å². The maximum atomic E-state index is 14.5. The third-order valence-electron chi connectivity index (χ3n) is 11.1. The Morgan fingerprint density at radius 1 is 0.745 bits per heavy atom. The van der Waals surface area contributed by atoms with Gasteiger partial charge in [-0.2, -0.15) is 5.10 Å². The Morgan fingerprint density at radius 2 is 1.51 bits per heavy atom. The molecule has 2 atom stereocenters. The molecule has 1 aliphatic rings. The maximum absolute atomic E-state index is 14.5. The number of halogens is 1. The molecule has 8 aromatic rings. The highest BCUT2D eigenvalue weighted by molar-refractivity contribution is 6.09. The van der Waals surface area contributed by atoms with Crippen molar-refractivity contribution in [1.82, 2.24) is 19.3 Å². The van der Waals surface area contributed by atoms with Crippen LogP contribution in [-0.4, -0.2) is 19.3 Å². The highest BCUT2D eigenvalue weighted by Gasteiger charge is 2.36. The molecule has 0 spiro atoms. The molecule has 0 radical (unpaired) electrons. The van der Waals surface area contributed by atoms with Crippen LogP contribution in [0.2, 0.25) is 0 Å². The fourth-order valence-corrected chi connectivity index (χ4v) is 8.78. The van der Waals surface area contributed by atoms with Gasteiger partial charge in [-0.25, -0.2) is 14.1 Å². The summed E-state index contributed by atoms with van der Waals surface area (Å²) in [6.07, 6.45) is 7.77. The number of pyridine rings is 1. The van der Waals surface area contributed by atoms with E-state index in [1.807, 2.05) is 34.9 Å². The van der Waals surface area contributed by atoms with Crippen molar-refractivity contribution < 1.29 is 9.13 Å². The quantitative estimate of drug-likeness (QED) is 0.149. The number of fused-ring (bicyclic) bond motifs is 3. The Bertz CT molecular complexity index is 2690. The third kappa shape index (κ3) is 6.31. The molecule has 272 valence electrons. The number of para-hydroxylation sites is 1. The lowest BCUT2D eigenvalue weighted by molar-refractivity contribution is 0.482. The van der Waals surface area contributed by atoms with Gasteiger partial charge in [0.2, 0.25) is 0 Å². The topological polar surface area (TPSA) is 44.9 Å². The van der Waals surface area contributed by atoms with E-state index in [2.05, 4.69) is 128 Å². The largest absolute Gasteiger partial charge is 0.457 e. The van der Waals surface area contributed by atoms with Crippen molar-refractivity contribution in [3.63, 3.8) is 0 Å². The number of allylic oxidation sites excluding steroid dienone is 2. The van der Waals surface area contributed by atoms with Crippen LogP contribution >= 0.6 is 0 Å². The zero-order chi connectivity index (χ0) is 37.5. The molecule has 5 nitrogen and oxygen atoms in total. The normalized spacial score (nSPS) is 15.7. The molecule has 9 rings (SSSR count). The number of ether oxygens (including phenoxy) is 1. The van der Waals surface area contributed by atoms with Crippen molar-refractivity contribution in [2.75, 3.05) is 0 Å². The number of rotatable bonds is 9. The van der Waals surface area contributed by atoms with Crippen molar-refractivity contribution in [2.45, 2.75) is 58.3 Å². The summed E-state index contributed by atoms with van der Waals surface area (Å²) in [5.74, 6) is 2.10. The van der Waals surface area contributed by atoms with Crippen LogP contribution in [0.3, 0.4) is 0 Å². The van der Waals surface area contributed by atoms with E-state index in [1.54, 1.807) is 0 Å². The van der Waals surface area contributed by atoms with E-state index in [1.165, 1.54) is 46.3 Å². The fourth-order valence-electron chi connectivity index (χ4n) is 8.78. The predicted octanol–water partition coefficient (Wildman–Crippen LogP) is 12.5. The first-order valence-corrected chi connectivity index (χ1v) is 19.4. The van der Waals surface area contributed by atoms with E-state index in [0.717, 1.165) is 70.2 Å². The van der Waals surface area contributed by atoms with Gasteiger partial charge in [0.25, 0.3) is 0 Å². The lowest BCUT2D eigenvalue weighted by Gasteiger charge is -2.34. The van der Waals surface area contributed by atoms with Gasteiger partial charge < -0.3 is 4.74 Å². The van der Waals surface area contributed by atoms with Crippen LogP contribution < -0.4 is 4.74 Å². The summed E-state index contributed by atoms with van der Waals surface area (Å²) in [7, 11) is 0. The molecule has 0 fully saturated rings. The van der Waals surface area contributed by atoms with E-state index in [4.69, 9.17) is 9.84 Å². The molecule has 0 saturated carbocycles. The zero-order valence-electron chi connectivity index (χ0n) is 31.4. The predicted molar refractivity (Wildman–Crippen MR) is 221 cm³/mol. The van der Waals surface area contributed by atoms with Crippen molar-refractivity contribution in [2.24, 2.45) is 0 Å². The zero-order valence-corrected chi connectivity index (χ0v) is 31.4. The lowest BCUT2D eigenvalue weighted by Crippen LogP contribution is -2.19. The average Bonchev–Trinajstić information content (AvgIpc) is 3.76. The SMILES string of the molecule is CCc1nn(-c2cc(C)cc(Oc3ccc4c5ccccc5n(-c5cc(F)ccn5)c4c3)c2)c(CC)c1C1C(c2ccccc2)=CCC[C@@H]1c1ccccc1. The standard InChI is InChI=1S/C49H43FN4O/c1-4-43-49(48-39(33-15-8-6-9-16-33)20-14-21-40(48)34-17-10-7-11-18-34)44(5-2)54(52-43)36-27-32(3)28-38(30-36)55-37-23-24-42-41-19-12-13-22-45(41)53(46(42)31-37)47-29-35(50)25-26-51-47/h6-13,15-20,22-31,40,48H,4-5,14,21H2,1-3H3/t40-,48?/m1/s1. The van der Waals surface area contributed by atoms with Crippen molar-refractivity contribution >= 4 is 27.4 Å². The number of aryl methyl sites for hydroxylation is 2. The number of aromatic nitrogens is 4. The van der Waals surface area contributed by atoms with Gasteiger partial charge in [-0.05, 0) is 97.2 Å². The summed E-state index contributed by atoms with van der Waals surface area (Å²) >= 11 is 0. The number of nitrogens with zero attached hydrogens (tertiary/aromatic N) is 4. The minimum absolute atomic E-state index is 0.170. The van der Waals surface area contributed by atoms with Crippen LogP contribution in [-0.2, 0) is 12.8 Å². The van der Waals surface area contributed by atoms with E-state index in [0.29, 0.717) is 17.5 Å². The third-order valence-corrected chi connectivity index (χ3v) is 11.1. The first kappa shape index (κ1) is 34.5. The van der Waals surface area contributed by atoms with Gasteiger partial charge >= 0.3 is 0 Å². The summed E-state index contributed by atoms with van der Waals surface area (Å²) in [5, 5.41) is 7.51. The van der Waals surface area contributed by atoms with Crippen LogP contribution in [0, 0.1) is 12.7 Å². The van der Waals surface area contributed by atoms with E-state index in [-0.39, 0.29) is 11.7 Å². The van der Waals surface area contributed by atoms with Gasteiger partial charge in [0.1, 0.15) is 23.1 Å². The average molecular weight is 723 g/mol. The fraction of sp³-hybridized carbons (Fsp3) is 0.184. The summed E-state index contributed by atoms with van der Waals surface area (Å²) in [5.41, 5.74) is 11.7. The molecule has 55 heavy (non-hydrogen) atoms. The highest BCUT2D eigenvalue weighted by Crippen LogP contribution is 2.51. The molecule has 1 aliphatic carbocycles. The molecule has 5 aromatic carbocycles. The van der Waals surface area contributed by atoms with Crippen LogP contribution in [0.25, 0.3) is 38.9 Å². The number of hydrogen-bond acceptors (Lipinski definition) is 3. The van der Waals surface area contributed by atoms with Crippen molar-refractivity contribution in [1.29, 1.82) is 0 Å². The Hall–Kier alpha value is -6.27. The summed E-state index contributed by atoms with van der Waals surface area (Å²) < 4.78 is 25.3. The maximum Gasteiger partial charge on any atom is 0.140 e. The first-order chi connectivity index (χ1) is 27.0. The lowest BCUT2D eigenvalue weighted by atomic mass is 9.69. The molecule has 0 amide bonds. The summed E-state index contributed by atoms with van der Waals surface area (Å²) in [6.45, 7) is 6.58. The monoisotopic (exact) mass is 722 g/mol. The summed E-state index contributed by atoms with van der Waals surface area (Å²) in [6, 6.07) is 45.4. The van der Waals surface area contributed by atoms with Crippen LogP contribution in [0.5, 0.6) is 11.5 Å². The Balaban J connectivity index is 1.14. The molecule has 6 heteroatoms. The van der Waals surface area contributed by atoms with E-state index < -0.39 is 0 Å². The molecule has 3 aromatic heterocycles. The first-order valence-electron chi connectivity index (χ1n) is 19.4. The molecular weight excluding hydrogens is 680 g/mol. The van der Waals surface area contributed by atoms with Gasteiger partial charge in [-0.1, -0.05) is 98.8 Å². The Labute approximate surface area is 321 Å². The number of hydrogen-bond donors (Lipinski definition) is 0. The molecule has 0 saturated heterocycles. The second-order valence-electron chi connectivity index (χ2n) is 14.5. The smallest absolute Gasteiger partial charge is 0.140 e. The highest BCUT2D eigenvalue weighted by atomic mass is 19.1. The second kappa shape index (κ2) is 14.5. The van der Waals surface area contributed by atoms with Crippen LogP contribution in [0.1, 0.15) is 72.2 Å². The minimum atomic E-state index is -0.332. The minimum Gasteiger partial charge on any atom is -0.457 e. The van der Waals surface area contributed by atoms with Crippen molar-refractivity contribution in [3.8, 4) is 23.0 Å². The van der Waals surface area contributed by atoms with Crippen LogP contribution in [0.15, 0.2) is 146 Å². The molecule has 0 bridgehead atoms. The molecule has 0 N–H and O–H groups in total. The van der Waals surface area contributed by atoms with Gasteiger partial charge in [0.05, 0.1) is 22.4 Å². The van der Waals surface area contributed by atoms with Gasteiger partial charge in [-0.3, -0.25) is 4.57 Å². The molecular formula is C49H43FN4O. The van der Waals surface area contributed by atoms with E-state index in [9.17, 15) is 4.39 Å². The Kier molecular flexibility index (Phi) is 9.11. The van der Waals surface area contributed by atoms with Gasteiger partial charge in [0.15, 0.2) is 0 Å². The number of benzene rings is 5. The second-order valence-corrected chi connectivity index (χ2v) is 14.5. The van der Waals surface area contributed by atoms with Crippen molar-refractivity contribution in [3.05, 3.63) is 185 Å². The molecule has 3 heterocycles.